The van der Waals surface area contributed by atoms with E-state index in [4.69, 9.17) is 10.3 Å². The van der Waals surface area contributed by atoms with Crippen molar-refractivity contribution in [1.29, 1.82) is 0 Å². The molecule has 2 aliphatic rings. The summed E-state index contributed by atoms with van der Waals surface area (Å²) in [5.41, 5.74) is 6.08. The second kappa shape index (κ2) is 5.12. The van der Waals surface area contributed by atoms with Crippen LogP contribution in [0.3, 0.4) is 0 Å². The summed E-state index contributed by atoms with van der Waals surface area (Å²) in [6.45, 7) is 4.35. The molecule has 2 N–H and O–H groups in total. The first-order valence-corrected chi connectivity index (χ1v) is 7.55. The largest absolute Gasteiger partial charge is 0.338 e. The van der Waals surface area contributed by atoms with Crippen molar-refractivity contribution in [3.05, 3.63) is 5.89 Å². The highest BCUT2D eigenvalue weighted by atomic mass is 16.5. The SMILES string of the molecule is CC1CCC(N)(c2nc(N3CCCCC3)no2)CC1. The molecule has 1 aromatic rings. The van der Waals surface area contributed by atoms with Gasteiger partial charge in [0.05, 0.1) is 5.54 Å². The lowest BCUT2D eigenvalue weighted by atomic mass is 9.78. The molecule has 1 saturated heterocycles. The molecule has 106 valence electrons. The molecule has 5 heteroatoms. The van der Waals surface area contributed by atoms with Gasteiger partial charge in [0.15, 0.2) is 0 Å². The lowest BCUT2D eigenvalue weighted by Crippen LogP contribution is -2.40. The maximum atomic E-state index is 6.47. The topological polar surface area (TPSA) is 68.2 Å². The highest BCUT2D eigenvalue weighted by molar-refractivity contribution is 5.29. The molecule has 0 bridgehead atoms. The summed E-state index contributed by atoms with van der Waals surface area (Å²) >= 11 is 0. The third-order valence-electron chi connectivity index (χ3n) is 4.65. The summed E-state index contributed by atoms with van der Waals surface area (Å²) in [5, 5.41) is 4.14. The van der Waals surface area contributed by atoms with Gasteiger partial charge in [-0.3, -0.25) is 0 Å². The molecule has 1 aliphatic carbocycles. The molecular weight excluding hydrogens is 240 g/mol. The Morgan fingerprint density at radius 1 is 1.21 bits per heavy atom. The van der Waals surface area contributed by atoms with Gasteiger partial charge in [-0.1, -0.05) is 6.92 Å². The number of hydrogen-bond acceptors (Lipinski definition) is 5. The van der Waals surface area contributed by atoms with E-state index >= 15 is 0 Å². The average molecular weight is 264 g/mol. The van der Waals surface area contributed by atoms with Gasteiger partial charge in [-0.2, -0.15) is 4.98 Å². The number of piperidine rings is 1. The van der Waals surface area contributed by atoms with Gasteiger partial charge in [0.2, 0.25) is 5.89 Å². The zero-order chi connectivity index (χ0) is 13.3. The molecule has 2 fully saturated rings. The molecule has 0 amide bonds. The molecule has 5 nitrogen and oxygen atoms in total. The highest BCUT2D eigenvalue weighted by Gasteiger charge is 2.37. The Morgan fingerprint density at radius 2 is 1.89 bits per heavy atom. The van der Waals surface area contributed by atoms with Gasteiger partial charge in [0.25, 0.3) is 5.95 Å². The minimum atomic E-state index is -0.395. The first kappa shape index (κ1) is 12.9. The minimum Gasteiger partial charge on any atom is -0.338 e. The summed E-state index contributed by atoms with van der Waals surface area (Å²) in [6, 6.07) is 0. The Morgan fingerprint density at radius 3 is 2.58 bits per heavy atom. The summed E-state index contributed by atoms with van der Waals surface area (Å²) in [5.74, 6) is 2.14. The van der Waals surface area contributed by atoms with E-state index in [1.165, 1.54) is 19.3 Å². The van der Waals surface area contributed by atoms with E-state index in [0.717, 1.165) is 50.6 Å². The smallest absolute Gasteiger partial charge is 0.266 e. The van der Waals surface area contributed by atoms with Crippen LogP contribution in [-0.4, -0.2) is 23.2 Å². The fourth-order valence-electron chi connectivity index (χ4n) is 3.13. The molecule has 1 aliphatic heterocycles. The first-order chi connectivity index (χ1) is 9.17. The van der Waals surface area contributed by atoms with Gasteiger partial charge >= 0.3 is 0 Å². The van der Waals surface area contributed by atoms with E-state index in [2.05, 4.69) is 22.0 Å². The molecule has 0 radical (unpaired) electrons. The van der Waals surface area contributed by atoms with Crippen molar-refractivity contribution in [3.63, 3.8) is 0 Å². The van der Waals surface area contributed by atoms with Crippen molar-refractivity contribution in [1.82, 2.24) is 10.1 Å². The van der Waals surface area contributed by atoms with Crippen molar-refractivity contribution in [2.45, 2.75) is 57.4 Å². The van der Waals surface area contributed by atoms with Crippen LogP contribution >= 0.6 is 0 Å². The maximum Gasteiger partial charge on any atom is 0.266 e. The second-order valence-corrected chi connectivity index (χ2v) is 6.29. The fraction of sp³-hybridized carbons (Fsp3) is 0.857. The monoisotopic (exact) mass is 264 g/mol. The quantitative estimate of drug-likeness (QED) is 0.888. The van der Waals surface area contributed by atoms with Crippen molar-refractivity contribution >= 4 is 5.95 Å². The maximum absolute atomic E-state index is 6.47. The fourth-order valence-corrected chi connectivity index (χ4v) is 3.13. The molecule has 0 atom stereocenters. The Labute approximate surface area is 114 Å². The summed E-state index contributed by atoms with van der Waals surface area (Å²) in [6.07, 6.45) is 7.95. The summed E-state index contributed by atoms with van der Waals surface area (Å²) < 4.78 is 5.47. The number of nitrogens with zero attached hydrogens (tertiary/aromatic N) is 3. The van der Waals surface area contributed by atoms with Crippen molar-refractivity contribution in [3.8, 4) is 0 Å². The van der Waals surface area contributed by atoms with Crippen LogP contribution in [0, 0.1) is 5.92 Å². The van der Waals surface area contributed by atoms with Crippen LogP contribution in [0.2, 0.25) is 0 Å². The molecule has 3 rings (SSSR count). The van der Waals surface area contributed by atoms with E-state index in [1.54, 1.807) is 0 Å². The lowest BCUT2D eigenvalue weighted by molar-refractivity contribution is 0.190. The van der Waals surface area contributed by atoms with Crippen molar-refractivity contribution in [2.75, 3.05) is 18.0 Å². The highest BCUT2D eigenvalue weighted by Crippen LogP contribution is 2.37. The normalized spacial score (nSPS) is 32.5. The first-order valence-electron chi connectivity index (χ1n) is 7.55. The zero-order valence-electron chi connectivity index (χ0n) is 11.8. The number of nitrogens with two attached hydrogens (primary N) is 1. The Bertz CT molecular complexity index is 417. The Balaban J connectivity index is 1.73. The van der Waals surface area contributed by atoms with E-state index in [-0.39, 0.29) is 0 Å². The van der Waals surface area contributed by atoms with Gasteiger partial charge in [-0.15, -0.1) is 0 Å². The molecular formula is C14H24N4O. The molecule has 0 aromatic carbocycles. The van der Waals surface area contributed by atoms with Gasteiger partial charge in [-0.25, -0.2) is 0 Å². The molecule has 0 unspecified atom stereocenters. The van der Waals surface area contributed by atoms with Crippen LogP contribution in [0.25, 0.3) is 0 Å². The third-order valence-corrected chi connectivity index (χ3v) is 4.65. The Hall–Kier alpha value is -1.10. The van der Waals surface area contributed by atoms with Crippen LogP contribution in [0.5, 0.6) is 0 Å². The number of hydrogen-bond donors (Lipinski definition) is 1. The standard InChI is InChI=1S/C14H24N4O/c1-11-5-7-14(15,8-6-11)12-16-13(17-19-12)18-9-3-2-4-10-18/h11H,2-10,15H2,1H3. The van der Waals surface area contributed by atoms with Crippen LogP contribution in [0.4, 0.5) is 5.95 Å². The second-order valence-electron chi connectivity index (χ2n) is 6.29. The van der Waals surface area contributed by atoms with Crippen molar-refractivity contribution < 1.29 is 4.52 Å². The van der Waals surface area contributed by atoms with E-state index in [0.29, 0.717) is 5.89 Å². The number of rotatable bonds is 2. The van der Waals surface area contributed by atoms with Gasteiger partial charge in [0.1, 0.15) is 0 Å². The van der Waals surface area contributed by atoms with Gasteiger partial charge in [-0.05, 0) is 56.0 Å². The summed E-state index contributed by atoms with van der Waals surface area (Å²) in [7, 11) is 0. The molecule has 1 saturated carbocycles. The van der Waals surface area contributed by atoms with Crippen molar-refractivity contribution in [2.24, 2.45) is 11.7 Å². The van der Waals surface area contributed by atoms with Crippen LogP contribution in [0.15, 0.2) is 4.52 Å². The average Bonchev–Trinajstić information content (AvgIpc) is 2.94. The molecule has 19 heavy (non-hydrogen) atoms. The number of anilines is 1. The number of aromatic nitrogens is 2. The van der Waals surface area contributed by atoms with Gasteiger partial charge in [0, 0.05) is 13.1 Å². The minimum absolute atomic E-state index is 0.395. The van der Waals surface area contributed by atoms with Crippen LogP contribution in [0.1, 0.15) is 57.8 Å². The molecule has 2 heterocycles. The summed E-state index contributed by atoms with van der Waals surface area (Å²) in [4.78, 5) is 6.79. The molecule has 1 aromatic heterocycles. The zero-order valence-corrected chi connectivity index (χ0v) is 11.8. The van der Waals surface area contributed by atoms with E-state index in [1.807, 2.05) is 0 Å². The van der Waals surface area contributed by atoms with Crippen LogP contribution < -0.4 is 10.6 Å². The third kappa shape index (κ3) is 2.61. The molecule has 0 spiro atoms. The van der Waals surface area contributed by atoms with E-state index in [9.17, 15) is 0 Å². The lowest BCUT2D eigenvalue weighted by Gasteiger charge is -2.32. The van der Waals surface area contributed by atoms with E-state index < -0.39 is 5.54 Å². The predicted octanol–water partition coefficient (Wildman–Crippen LogP) is 2.42. The Kier molecular flexibility index (Phi) is 3.48. The predicted molar refractivity (Wildman–Crippen MR) is 73.9 cm³/mol. The van der Waals surface area contributed by atoms with Gasteiger partial charge < -0.3 is 15.2 Å². The van der Waals surface area contributed by atoms with Crippen LogP contribution in [-0.2, 0) is 5.54 Å².